The molecule has 128 valence electrons. The minimum absolute atomic E-state index is 0.106. The summed E-state index contributed by atoms with van der Waals surface area (Å²) >= 11 is 5.64. The number of rotatable bonds is 5. The predicted octanol–water partition coefficient (Wildman–Crippen LogP) is 1.95. The normalized spacial score (nSPS) is 25.7. The number of carbonyl (C=O) groups is 1. The average molecular weight is 360 g/mol. The highest BCUT2D eigenvalue weighted by Gasteiger charge is 2.46. The molecule has 1 aromatic carbocycles. The maximum atomic E-state index is 12.9. The van der Waals surface area contributed by atoms with E-state index in [1.165, 1.54) is 4.90 Å². The van der Waals surface area contributed by atoms with Gasteiger partial charge < -0.3 is 10.0 Å². The molecule has 0 aliphatic carbocycles. The van der Waals surface area contributed by atoms with Gasteiger partial charge in [0.2, 0.25) is 5.91 Å². The van der Waals surface area contributed by atoms with Crippen molar-refractivity contribution in [1.82, 2.24) is 4.90 Å². The molecule has 3 atom stereocenters. The molecule has 0 saturated carbocycles. The first-order valence-electron chi connectivity index (χ1n) is 7.63. The Morgan fingerprint density at radius 1 is 1.30 bits per heavy atom. The van der Waals surface area contributed by atoms with Crippen LogP contribution >= 0.6 is 11.6 Å². The van der Waals surface area contributed by atoms with Crippen molar-refractivity contribution in [1.29, 1.82) is 0 Å². The van der Waals surface area contributed by atoms with Gasteiger partial charge in [0.25, 0.3) is 0 Å². The van der Waals surface area contributed by atoms with Crippen LogP contribution in [-0.2, 0) is 14.6 Å². The number of aliphatic hydroxyl groups excluding tert-OH is 1. The van der Waals surface area contributed by atoms with E-state index in [-0.39, 0.29) is 23.8 Å². The number of carbonyl (C=O) groups excluding carboxylic acids is 1. The topological polar surface area (TPSA) is 74.7 Å². The van der Waals surface area contributed by atoms with Gasteiger partial charge in [-0.2, -0.15) is 0 Å². The average Bonchev–Trinajstić information content (AvgIpc) is 2.46. The highest BCUT2D eigenvalue weighted by molar-refractivity contribution is 7.92. The lowest BCUT2D eigenvalue weighted by Crippen LogP contribution is -2.57. The first-order valence-corrected chi connectivity index (χ1v) is 9.71. The molecule has 1 N–H and O–H groups in total. The Labute approximate surface area is 142 Å². The third-order valence-electron chi connectivity index (χ3n) is 4.23. The molecule has 0 bridgehead atoms. The van der Waals surface area contributed by atoms with E-state index in [1.54, 1.807) is 31.2 Å². The lowest BCUT2D eigenvalue weighted by Gasteiger charge is -2.40. The number of nitrogens with zero attached hydrogens (tertiary/aromatic N) is 1. The number of hydrogen-bond acceptors (Lipinski definition) is 4. The molecule has 2 rings (SSSR count). The fraction of sp³-hybridized carbons (Fsp3) is 0.562. The quantitative estimate of drug-likeness (QED) is 0.815. The molecule has 1 fully saturated rings. The maximum absolute atomic E-state index is 12.9. The van der Waals surface area contributed by atoms with E-state index in [4.69, 9.17) is 11.6 Å². The number of likely N-dealkylation sites (tertiary alicyclic amines) is 1. The third-order valence-corrected chi connectivity index (χ3v) is 6.85. The summed E-state index contributed by atoms with van der Waals surface area (Å²) in [7, 11) is -3.74. The van der Waals surface area contributed by atoms with Crippen molar-refractivity contribution in [3.63, 3.8) is 0 Å². The smallest absolute Gasteiger partial charge is 0.224 e. The van der Waals surface area contributed by atoms with Gasteiger partial charge >= 0.3 is 0 Å². The van der Waals surface area contributed by atoms with Crippen molar-refractivity contribution in [3.05, 3.63) is 29.8 Å². The van der Waals surface area contributed by atoms with Crippen molar-refractivity contribution in [3.8, 4) is 0 Å². The summed E-state index contributed by atoms with van der Waals surface area (Å²) in [5.41, 5.74) is 0.958. The largest absolute Gasteiger partial charge is 0.372 e. The Balaban J connectivity index is 2.35. The van der Waals surface area contributed by atoms with Crippen LogP contribution in [0.4, 0.5) is 0 Å². The van der Waals surface area contributed by atoms with Crippen LogP contribution in [0, 0.1) is 12.8 Å². The second-order valence-corrected chi connectivity index (χ2v) is 8.53. The van der Waals surface area contributed by atoms with Crippen LogP contribution in [-0.4, -0.2) is 48.2 Å². The monoisotopic (exact) mass is 359 g/mol. The summed E-state index contributed by atoms with van der Waals surface area (Å²) in [6.07, 6.45) is -0.730. The number of amides is 1. The molecular weight excluding hydrogens is 338 g/mol. The minimum Gasteiger partial charge on any atom is -0.372 e. The fourth-order valence-corrected chi connectivity index (χ4v) is 5.09. The zero-order valence-electron chi connectivity index (χ0n) is 13.3. The molecule has 23 heavy (non-hydrogen) atoms. The van der Waals surface area contributed by atoms with Gasteiger partial charge in [-0.15, -0.1) is 11.6 Å². The number of benzene rings is 1. The molecule has 1 aromatic rings. The zero-order chi connectivity index (χ0) is 17.2. The van der Waals surface area contributed by atoms with Gasteiger partial charge in [-0.05, 0) is 31.4 Å². The number of piperidine rings is 1. The number of hydrogen-bond donors (Lipinski definition) is 1. The summed E-state index contributed by atoms with van der Waals surface area (Å²) in [5, 5.41) is 9.50. The standard InChI is InChI=1S/C16H22ClNO4S/c1-11-4-6-13(7-5-11)23(21,22)15-12(2)10-14(19)18(16(15)20)9-3-8-17/h4-7,12,15-16,20H,3,8-10H2,1-2H3/t12-,15+,16?/m0/s1. The highest BCUT2D eigenvalue weighted by Crippen LogP contribution is 2.32. The predicted molar refractivity (Wildman–Crippen MR) is 89.0 cm³/mol. The lowest BCUT2D eigenvalue weighted by molar-refractivity contribution is -0.148. The van der Waals surface area contributed by atoms with Crippen LogP contribution in [0.2, 0.25) is 0 Å². The number of halogens is 1. The lowest BCUT2D eigenvalue weighted by atomic mass is 9.96. The summed E-state index contributed by atoms with van der Waals surface area (Å²) in [4.78, 5) is 13.5. The second-order valence-electron chi connectivity index (χ2n) is 6.05. The first-order chi connectivity index (χ1) is 10.8. The summed E-state index contributed by atoms with van der Waals surface area (Å²) in [5.74, 6) is -0.330. The van der Waals surface area contributed by atoms with Crippen LogP contribution in [0.15, 0.2) is 29.2 Å². The number of alkyl halides is 1. The van der Waals surface area contributed by atoms with E-state index >= 15 is 0 Å². The Bertz CT molecular complexity index is 659. The molecule has 5 nitrogen and oxygen atoms in total. The first kappa shape index (κ1) is 18.2. The Morgan fingerprint density at radius 2 is 1.91 bits per heavy atom. The van der Waals surface area contributed by atoms with Gasteiger partial charge in [0, 0.05) is 18.8 Å². The number of aliphatic hydroxyl groups is 1. The van der Waals surface area contributed by atoms with Gasteiger partial charge in [-0.1, -0.05) is 24.6 Å². The molecule has 0 aromatic heterocycles. The van der Waals surface area contributed by atoms with Crippen LogP contribution in [0.1, 0.15) is 25.3 Å². The molecule has 7 heteroatoms. The van der Waals surface area contributed by atoms with Gasteiger partial charge in [-0.25, -0.2) is 8.42 Å². The highest BCUT2D eigenvalue weighted by atomic mass is 35.5. The van der Waals surface area contributed by atoms with E-state index < -0.39 is 27.2 Å². The van der Waals surface area contributed by atoms with Crippen LogP contribution in [0.25, 0.3) is 0 Å². The number of sulfone groups is 1. The Morgan fingerprint density at radius 3 is 2.48 bits per heavy atom. The third kappa shape index (κ3) is 3.70. The van der Waals surface area contributed by atoms with Crippen molar-refractivity contribution < 1.29 is 18.3 Å². The SMILES string of the molecule is Cc1ccc(S(=O)(=O)[C@H]2C(O)N(CCCCl)C(=O)C[C@@H]2C)cc1. The van der Waals surface area contributed by atoms with E-state index in [0.29, 0.717) is 12.3 Å². The van der Waals surface area contributed by atoms with Gasteiger partial charge in [0.1, 0.15) is 11.5 Å². The molecule has 0 radical (unpaired) electrons. The van der Waals surface area contributed by atoms with Crippen molar-refractivity contribution in [2.45, 2.75) is 43.1 Å². The molecule has 0 spiro atoms. The molecule has 1 aliphatic heterocycles. The molecule has 1 unspecified atom stereocenters. The summed E-state index contributed by atoms with van der Waals surface area (Å²) in [6.45, 7) is 3.83. The Hall–Kier alpha value is -1.11. The van der Waals surface area contributed by atoms with Crippen LogP contribution < -0.4 is 0 Å². The van der Waals surface area contributed by atoms with Gasteiger partial charge in [0.15, 0.2) is 9.84 Å². The van der Waals surface area contributed by atoms with E-state index in [1.807, 2.05) is 6.92 Å². The zero-order valence-corrected chi connectivity index (χ0v) is 14.8. The molecular formula is C16H22ClNO4S. The van der Waals surface area contributed by atoms with Crippen LogP contribution in [0.3, 0.4) is 0 Å². The summed E-state index contributed by atoms with van der Waals surface area (Å²) < 4.78 is 25.8. The molecule has 1 aliphatic rings. The maximum Gasteiger partial charge on any atom is 0.224 e. The molecule has 1 saturated heterocycles. The molecule has 1 heterocycles. The van der Waals surface area contributed by atoms with Gasteiger partial charge in [-0.3, -0.25) is 4.79 Å². The van der Waals surface area contributed by atoms with Crippen molar-refractivity contribution in [2.24, 2.45) is 5.92 Å². The molecule has 1 amide bonds. The van der Waals surface area contributed by atoms with E-state index in [2.05, 4.69) is 0 Å². The minimum atomic E-state index is -3.74. The van der Waals surface area contributed by atoms with E-state index in [0.717, 1.165) is 5.56 Å². The van der Waals surface area contributed by atoms with E-state index in [9.17, 15) is 18.3 Å². The Kier molecular flexibility index (Phi) is 5.70. The van der Waals surface area contributed by atoms with Crippen LogP contribution in [0.5, 0.6) is 0 Å². The van der Waals surface area contributed by atoms with Crippen molar-refractivity contribution in [2.75, 3.05) is 12.4 Å². The second kappa shape index (κ2) is 7.20. The van der Waals surface area contributed by atoms with Gasteiger partial charge in [0.05, 0.1) is 4.90 Å². The fourth-order valence-electron chi connectivity index (χ4n) is 2.97. The number of aryl methyl sites for hydroxylation is 1. The summed E-state index contributed by atoms with van der Waals surface area (Å²) in [6, 6.07) is 6.54. The van der Waals surface area contributed by atoms with Crippen molar-refractivity contribution >= 4 is 27.3 Å².